The molecule has 0 unspecified atom stereocenters. The maximum Gasteiger partial charge on any atom is 0.127 e. The maximum absolute atomic E-state index is 6.67. The van der Waals surface area contributed by atoms with E-state index < -0.39 is 0 Å². The maximum atomic E-state index is 6.67. The van der Waals surface area contributed by atoms with Gasteiger partial charge in [0.2, 0.25) is 0 Å². The van der Waals surface area contributed by atoms with Crippen LogP contribution in [0.4, 0.5) is 0 Å². The second-order valence-corrected chi connectivity index (χ2v) is 20.2. The second-order valence-electron chi connectivity index (χ2n) is 20.2. The van der Waals surface area contributed by atoms with Gasteiger partial charge in [0.05, 0.1) is 26.4 Å². The number of ether oxygens (including phenoxy) is 4. The molecule has 0 saturated heterocycles. The lowest BCUT2D eigenvalue weighted by atomic mass is 10.0. The second kappa shape index (κ2) is 41.4. The molecule has 378 valence electrons. The first kappa shape index (κ1) is 57.7. The number of hydrogen-bond donors (Lipinski definition) is 0. The molecule has 3 rings (SSSR count). The molecular weight excluding hydrogens is 809 g/mol. The summed E-state index contributed by atoms with van der Waals surface area (Å²) in [5.74, 6) is 3.80. The molecule has 3 aromatic carbocycles. The molecule has 4 nitrogen and oxygen atoms in total. The normalized spacial score (nSPS) is 11.6. The van der Waals surface area contributed by atoms with E-state index in [1.54, 1.807) is 0 Å². The molecule has 0 amide bonds. The van der Waals surface area contributed by atoms with Crippen LogP contribution in [0.2, 0.25) is 0 Å². The molecule has 0 radical (unpaired) electrons. The molecule has 66 heavy (non-hydrogen) atoms. The van der Waals surface area contributed by atoms with E-state index in [4.69, 9.17) is 18.9 Å². The summed E-state index contributed by atoms with van der Waals surface area (Å²) < 4.78 is 26.7. The lowest BCUT2D eigenvalue weighted by molar-refractivity contribution is 0.300. The van der Waals surface area contributed by atoms with Crippen LogP contribution in [0.5, 0.6) is 23.0 Å². The Morgan fingerprint density at radius 2 is 0.364 bits per heavy atom. The van der Waals surface area contributed by atoms with E-state index in [1.165, 1.54) is 231 Å². The highest BCUT2D eigenvalue weighted by atomic mass is 16.5. The Bertz CT molecular complexity index is 1320. The minimum absolute atomic E-state index is 0.743. The zero-order valence-corrected chi connectivity index (χ0v) is 44.2. The van der Waals surface area contributed by atoms with E-state index in [-0.39, 0.29) is 0 Å². The lowest BCUT2D eigenvalue weighted by Crippen LogP contribution is -2.03. The van der Waals surface area contributed by atoms with E-state index >= 15 is 0 Å². The van der Waals surface area contributed by atoms with Crippen LogP contribution in [0.25, 0.3) is 21.5 Å². The first-order valence-corrected chi connectivity index (χ1v) is 29.3. The van der Waals surface area contributed by atoms with Gasteiger partial charge < -0.3 is 18.9 Å². The third kappa shape index (κ3) is 26.8. The fourth-order valence-electron chi connectivity index (χ4n) is 9.67. The largest absolute Gasteiger partial charge is 0.493 e. The van der Waals surface area contributed by atoms with Gasteiger partial charge in [-0.2, -0.15) is 0 Å². The topological polar surface area (TPSA) is 36.9 Å². The molecule has 0 aliphatic carbocycles. The summed E-state index contributed by atoms with van der Waals surface area (Å²) in [6.07, 6.45) is 52.9. The van der Waals surface area contributed by atoms with Gasteiger partial charge in [0, 0.05) is 21.5 Å². The molecule has 0 aliphatic heterocycles. The zero-order chi connectivity index (χ0) is 46.8. The average molecular weight is 916 g/mol. The van der Waals surface area contributed by atoms with Crippen LogP contribution in [-0.4, -0.2) is 26.4 Å². The van der Waals surface area contributed by atoms with Crippen LogP contribution in [-0.2, 0) is 0 Å². The molecule has 0 aliphatic rings. The number of fused-ring (bicyclic) bond motifs is 2. The summed E-state index contributed by atoms with van der Waals surface area (Å²) in [6.45, 7) is 12.2. The van der Waals surface area contributed by atoms with Crippen molar-refractivity contribution in [3.8, 4) is 23.0 Å². The minimum Gasteiger partial charge on any atom is -0.493 e. The average Bonchev–Trinajstić information content (AvgIpc) is 3.33. The fraction of sp³-hybridized carbons (Fsp3) is 0.774. The molecule has 0 fully saturated rings. The van der Waals surface area contributed by atoms with Gasteiger partial charge in [0.1, 0.15) is 23.0 Å². The summed E-state index contributed by atoms with van der Waals surface area (Å²) in [5.41, 5.74) is 0. The van der Waals surface area contributed by atoms with Crippen LogP contribution in [0.1, 0.15) is 285 Å². The predicted octanol–water partition coefficient (Wildman–Crippen LogP) is 21.2. The number of hydrogen-bond acceptors (Lipinski definition) is 4. The smallest absolute Gasteiger partial charge is 0.127 e. The van der Waals surface area contributed by atoms with Crippen molar-refractivity contribution < 1.29 is 18.9 Å². The van der Waals surface area contributed by atoms with Gasteiger partial charge in [0.15, 0.2) is 0 Å². The summed E-state index contributed by atoms with van der Waals surface area (Å²) in [6, 6.07) is 13.3. The first-order chi connectivity index (χ1) is 32.7. The molecule has 0 saturated carbocycles. The number of unbranched alkanes of at least 4 members (excludes halogenated alkanes) is 36. The van der Waals surface area contributed by atoms with Crippen LogP contribution >= 0.6 is 0 Å². The standard InChI is InChI=1S/C62H106O4/c1-5-9-13-17-21-25-29-33-37-41-49-63-59-45-46-60(64-50-42-38-34-30-26-22-18-14-10-6-2)56-54-58-57(53-55(56)59)61(65-51-43-39-35-31-27-23-19-15-11-7-3)47-48-62(58)66-52-44-40-36-32-28-24-20-16-12-8-4/h45-48,53-54H,5-44,49-52H2,1-4H3. The zero-order valence-electron chi connectivity index (χ0n) is 44.2. The van der Waals surface area contributed by atoms with Crippen molar-refractivity contribution in [2.24, 2.45) is 0 Å². The highest BCUT2D eigenvalue weighted by molar-refractivity contribution is 6.07. The summed E-state index contributed by atoms with van der Waals surface area (Å²) in [5, 5.41) is 4.47. The first-order valence-electron chi connectivity index (χ1n) is 29.3. The molecule has 0 heterocycles. The van der Waals surface area contributed by atoms with Crippen molar-refractivity contribution in [3.05, 3.63) is 36.4 Å². The third-order valence-electron chi connectivity index (χ3n) is 14.0. The number of rotatable bonds is 48. The van der Waals surface area contributed by atoms with Gasteiger partial charge in [-0.1, -0.05) is 259 Å². The highest BCUT2D eigenvalue weighted by Gasteiger charge is 2.16. The Hall–Kier alpha value is -2.62. The van der Waals surface area contributed by atoms with E-state index in [1.807, 2.05) is 0 Å². The van der Waals surface area contributed by atoms with Gasteiger partial charge in [-0.3, -0.25) is 0 Å². The molecule has 0 N–H and O–H groups in total. The SMILES string of the molecule is CCCCCCCCCCCCOc1ccc(OCCCCCCCCCCCC)c2cc3c(OCCCCCCCCCCCC)ccc(OCCCCCCCCCCCC)c3cc12. The van der Waals surface area contributed by atoms with Crippen molar-refractivity contribution in [2.45, 2.75) is 285 Å². The molecule has 0 spiro atoms. The van der Waals surface area contributed by atoms with Crippen molar-refractivity contribution in [1.29, 1.82) is 0 Å². The number of benzene rings is 3. The van der Waals surface area contributed by atoms with Crippen molar-refractivity contribution in [3.63, 3.8) is 0 Å². The van der Waals surface area contributed by atoms with Crippen LogP contribution < -0.4 is 18.9 Å². The lowest BCUT2D eigenvalue weighted by Gasteiger charge is -2.18. The van der Waals surface area contributed by atoms with Crippen molar-refractivity contribution in [1.82, 2.24) is 0 Å². The highest BCUT2D eigenvalue weighted by Crippen LogP contribution is 2.42. The van der Waals surface area contributed by atoms with Crippen LogP contribution in [0.15, 0.2) is 36.4 Å². The van der Waals surface area contributed by atoms with Gasteiger partial charge in [0.25, 0.3) is 0 Å². The van der Waals surface area contributed by atoms with E-state index in [0.29, 0.717) is 0 Å². The molecular formula is C62H106O4. The van der Waals surface area contributed by atoms with Crippen molar-refractivity contribution in [2.75, 3.05) is 26.4 Å². The Kier molecular flexibility index (Phi) is 36.2. The monoisotopic (exact) mass is 915 g/mol. The van der Waals surface area contributed by atoms with E-state index in [9.17, 15) is 0 Å². The fourth-order valence-corrected chi connectivity index (χ4v) is 9.67. The predicted molar refractivity (Wildman–Crippen MR) is 291 cm³/mol. The summed E-state index contributed by atoms with van der Waals surface area (Å²) in [4.78, 5) is 0. The molecule has 4 heteroatoms. The molecule has 0 bridgehead atoms. The van der Waals surface area contributed by atoms with E-state index in [0.717, 1.165) is 96.7 Å². The Balaban J connectivity index is 1.72. The summed E-state index contributed by atoms with van der Waals surface area (Å²) >= 11 is 0. The van der Waals surface area contributed by atoms with Gasteiger partial charge >= 0.3 is 0 Å². The molecule has 3 aromatic rings. The van der Waals surface area contributed by atoms with Crippen LogP contribution in [0, 0.1) is 0 Å². The van der Waals surface area contributed by atoms with Gasteiger partial charge in [-0.05, 0) is 62.1 Å². The Morgan fingerprint density at radius 3 is 0.530 bits per heavy atom. The quantitative estimate of drug-likeness (QED) is 0.0418. The Morgan fingerprint density at radius 1 is 0.212 bits per heavy atom. The molecule has 0 aromatic heterocycles. The van der Waals surface area contributed by atoms with E-state index in [2.05, 4.69) is 64.1 Å². The third-order valence-corrected chi connectivity index (χ3v) is 14.0. The minimum atomic E-state index is 0.743. The van der Waals surface area contributed by atoms with Gasteiger partial charge in [-0.15, -0.1) is 0 Å². The molecule has 0 atom stereocenters. The van der Waals surface area contributed by atoms with Gasteiger partial charge in [-0.25, -0.2) is 0 Å². The summed E-state index contributed by atoms with van der Waals surface area (Å²) in [7, 11) is 0. The van der Waals surface area contributed by atoms with Crippen molar-refractivity contribution >= 4 is 21.5 Å². The van der Waals surface area contributed by atoms with Crippen LogP contribution in [0.3, 0.4) is 0 Å². The Labute approximate surface area is 409 Å².